The summed E-state index contributed by atoms with van der Waals surface area (Å²) in [5.74, 6) is 1.21. The number of thiophene rings is 1. The Labute approximate surface area is 191 Å². The molecule has 0 aliphatic carbocycles. The molecular formula is C21H25IN4O2S. The molecule has 0 aliphatic rings. The summed E-state index contributed by atoms with van der Waals surface area (Å²) in [7, 11) is 1.76. The fourth-order valence-electron chi connectivity index (χ4n) is 2.64. The van der Waals surface area contributed by atoms with E-state index in [0.717, 1.165) is 23.8 Å². The maximum absolute atomic E-state index is 12.0. The summed E-state index contributed by atoms with van der Waals surface area (Å²) in [6.45, 7) is 3.64. The van der Waals surface area contributed by atoms with Crippen molar-refractivity contribution in [3.05, 3.63) is 76.4 Å². The van der Waals surface area contributed by atoms with Gasteiger partial charge in [0.15, 0.2) is 11.7 Å². The van der Waals surface area contributed by atoms with Crippen LogP contribution >= 0.6 is 35.3 Å². The molecular weight excluding hydrogens is 499 g/mol. The lowest BCUT2D eigenvalue weighted by atomic mass is 10.1. The van der Waals surface area contributed by atoms with E-state index in [-0.39, 0.29) is 35.6 Å². The predicted molar refractivity (Wildman–Crippen MR) is 129 cm³/mol. The highest BCUT2D eigenvalue weighted by atomic mass is 127. The highest BCUT2D eigenvalue weighted by Gasteiger charge is 2.09. The molecule has 29 heavy (non-hydrogen) atoms. The normalized spacial score (nSPS) is 12.0. The van der Waals surface area contributed by atoms with Crippen LogP contribution < -0.4 is 16.0 Å². The molecule has 0 bridgehead atoms. The minimum atomic E-state index is -0.264. The third-order valence-electron chi connectivity index (χ3n) is 4.33. The van der Waals surface area contributed by atoms with Gasteiger partial charge in [0.1, 0.15) is 0 Å². The zero-order chi connectivity index (χ0) is 19.8. The van der Waals surface area contributed by atoms with Gasteiger partial charge >= 0.3 is 0 Å². The maximum atomic E-state index is 12.0. The zero-order valence-corrected chi connectivity index (χ0v) is 19.5. The number of halogens is 1. The van der Waals surface area contributed by atoms with E-state index in [1.54, 1.807) is 30.5 Å². The summed E-state index contributed by atoms with van der Waals surface area (Å²) in [6.07, 6.45) is 1.48. The number of benzene rings is 1. The molecule has 1 unspecified atom stereocenters. The van der Waals surface area contributed by atoms with E-state index in [1.165, 1.54) is 11.8 Å². The Morgan fingerprint density at radius 1 is 1.17 bits per heavy atom. The number of carbonyl (C=O) groups is 1. The molecule has 3 aromatic rings. The number of anilines is 1. The van der Waals surface area contributed by atoms with Gasteiger partial charge in [0.2, 0.25) is 0 Å². The van der Waals surface area contributed by atoms with Crippen molar-refractivity contribution in [1.29, 1.82) is 0 Å². The van der Waals surface area contributed by atoms with Crippen molar-refractivity contribution in [3.63, 3.8) is 0 Å². The largest absolute Gasteiger partial charge is 0.459 e. The Bertz CT molecular complexity index is 893. The van der Waals surface area contributed by atoms with Crippen molar-refractivity contribution in [2.75, 3.05) is 18.9 Å². The summed E-state index contributed by atoms with van der Waals surface area (Å²) in [4.78, 5) is 16.3. The van der Waals surface area contributed by atoms with Crippen LogP contribution in [0.3, 0.4) is 0 Å². The quantitative estimate of drug-likeness (QED) is 0.238. The van der Waals surface area contributed by atoms with Crippen molar-refractivity contribution in [2.24, 2.45) is 4.99 Å². The summed E-state index contributed by atoms with van der Waals surface area (Å²) in [5.41, 5.74) is 3.14. The monoisotopic (exact) mass is 524 g/mol. The molecule has 0 fully saturated rings. The second-order valence-corrected chi connectivity index (χ2v) is 7.17. The molecule has 154 valence electrons. The van der Waals surface area contributed by atoms with Crippen LogP contribution in [0.4, 0.5) is 5.69 Å². The van der Waals surface area contributed by atoms with E-state index >= 15 is 0 Å². The second-order valence-electron chi connectivity index (χ2n) is 6.39. The van der Waals surface area contributed by atoms with E-state index in [0.29, 0.717) is 12.5 Å². The van der Waals surface area contributed by atoms with Crippen LogP contribution in [0.5, 0.6) is 0 Å². The van der Waals surface area contributed by atoms with E-state index < -0.39 is 0 Å². The van der Waals surface area contributed by atoms with Crippen molar-refractivity contribution >= 4 is 52.9 Å². The lowest BCUT2D eigenvalue weighted by Crippen LogP contribution is -2.38. The molecule has 3 rings (SSSR count). The Balaban J connectivity index is 0.00000300. The average molecular weight is 524 g/mol. The molecule has 2 heterocycles. The molecule has 6 nitrogen and oxygen atoms in total. The number of rotatable bonds is 7. The molecule has 0 saturated carbocycles. The van der Waals surface area contributed by atoms with Crippen LogP contribution in [0.15, 0.2) is 68.9 Å². The molecule has 1 amide bonds. The smallest absolute Gasteiger partial charge is 0.291 e. The number of nitrogens with one attached hydrogen (secondary N) is 3. The van der Waals surface area contributed by atoms with Crippen LogP contribution in [0.2, 0.25) is 0 Å². The zero-order valence-electron chi connectivity index (χ0n) is 16.3. The van der Waals surface area contributed by atoms with E-state index in [4.69, 9.17) is 4.42 Å². The molecule has 8 heteroatoms. The van der Waals surface area contributed by atoms with Gasteiger partial charge in [-0.15, -0.1) is 24.0 Å². The Morgan fingerprint density at radius 3 is 2.59 bits per heavy atom. The first-order chi connectivity index (χ1) is 13.7. The predicted octanol–water partition coefficient (Wildman–Crippen LogP) is 4.68. The lowest BCUT2D eigenvalue weighted by molar-refractivity contribution is 0.0996. The van der Waals surface area contributed by atoms with E-state index in [9.17, 15) is 4.79 Å². The van der Waals surface area contributed by atoms with Crippen LogP contribution in [-0.4, -0.2) is 25.5 Å². The number of hydrogen-bond donors (Lipinski definition) is 3. The molecule has 0 saturated heterocycles. The minimum absolute atomic E-state index is 0. The number of amides is 1. The Morgan fingerprint density at radius 2 is 1.97 bits per heavy atom. The van der Waals surface area contributed by atoms with E-state index in [2.05, 4.69) is 44.7 Å². The topological polar surface area (TPSA) is 78.7 Å². The molecule has 1 atom stereocenters. The maximum Gasteiger partial charge on any atom is 0.291 e. The van der Waals surface area contributed by atoms with Crippen LogP contribution in [0.1, 0.15) is 34.5 Å². The Hall–Kier alpha value is -2.33. The van der Waals surface area contributed by atoms with Gasteiger partial charge in [0, 0.05) is 25.8 Å². The molecule has 0 aliphatic heterocycles. The summed E-state index contributed by atoms with van der Waals surface area (Å²) in [6, 6.07) is 13.1. The minimum Gasteiger partial charge on any atom is -0.459 e. The molecule has 2 aromatic heterocycles. The van der Waals surface area contributed by atoms with Gasteiger partial charge in [0.05, 0.1) is 6.26 Å². The second kappa shape index (κ2) is 11.6. The van der Waals surface area contributed by atoms with Crippen LogP contribution in [0.25, 0.3) is 0 Å². The van der Waals surface area contributed by atoms with Crippen molar-refractivity contribution < 1.29 is 9.21 Å². The summed E-state index contributed by atoms with van der Waals surface area (Å²) < 4.78 is 5.09. The fourth-order valence-corrected chi connectivity index (χ4v) is 3.42. The van der Waals surface area contributed by atoms with Crippen molar-refractivity contribution in [3.8, 4) is 0 Å². The van der Waals surface area contributed by atoms with Gasteiger partial charge in [-0.05, 0) is 58.1 Å². The SMILES string of the molecule is CN=C(NCc1ccc(NC(=O)c2ccco2)cc1)NCC(C)c1ccsc1.I. The van der Waals surface area contributed by atoms with Gasteiger partial charge in [0.25, 0.3) is 5.91 Å². The fraction of sp³-hybridized carbons (Fsp3) is 0.238. The number of nitrogens with zero attached hydrogens (tertiary/aromatic N) is 1. The number of aliphatic imine (C=N–C) groups is 1. The van der Waals surface area contributed by atoms with Crippen LogP contribution in [-0.2, 0) is 6.54 Å². The standard InChI is InChI=1S/C21H24N4O2S.HI/c1-15(17-9-11-28-14-17)12-23-21(22-2)24-13-16-5-7-18(8-6-16)25-20(26)19-4-3-10-27-19;/h3-11,14-15H,12-13H2,1-2H3,(H,25,26)(H2,22,23,24);1H. The third kappa shape index (κ3) is 6.90. The first kappa shape index (κ1) is 23.0. The molecule has 0 spiro atoms. The highest BCUT2D eigenvalue weighted by molar-refractivity contribution is 14.0. The van der Waals surface area contributed by atoms with Gasteiger partial charge in [-0.2, -0.15) is 11.3 Å². The summed E-state index contributed by atoms with van der Waals surface area (Å²) in [5, 5.41) is 13.7. The summed E-state index contributed by atoms with van der Waals surface area (Å²) >= 11 is 1.71. The van der Waals surface area contributed by atoms with Crippen molar-refractivity contribution in [2.45, 2.75) is 19.4 Å². The average Bonchev–Trinajstić information content (AvgIpc) is 3.43. The number of furan rings is 1. The molecule has 1 aromatic carbocycles. The van der Waals surface area contributed by atoms with Crippen LogP contribution in [0, 0.1) is 0 Å². The highest BCUT2D eigenvalue weighted by Crippen LogP contribution is 2.17. The number of hydrogen-bond acceptors (Lipinski definition) is 4. The van der Waals surface area contributed by atoms with Gasteiger partial charge in [-0.25, -0.2) is 0 Å². The first-order valence-electron chi connectivity index (χ1n) is 9.06. The van der Waals surface area contributed by atoms with Gasteiger partial charge < -0.3 is 20.4 Å². The molecule has 0 radical (unpaired) electrons. The van der Waals surface area contributed by atoms with Gasteiger partial charge in [-0.1, -0.05) is 19.1 Å². The van der Waals surface area contributed by atoms with Gasteiger partial charge in [-0.3, -0.25) is 9.79 Å². The lowest BCUT2D eigenvalue weighted by Gasteiger charge is -2.15. The number of guanidine groups is 1. The molecule has 3 N–H and O–H groups in total. The van der Waals surface area contributed by atoms with Crippen molar-refractivity contribution in [1.82, 2.24) is 10.6 Å². The van der Waals surface area contributed by atoms with E-state index in [1.807, 2.05) is 24.3 Å². The number of carbonyl (C=O) groups excluding carboxylic acids is 1. The first-order valence-corrected chi connectivity index (χ1v) is 10.0. The third-order valence-corrected chi connectivity index (χ3v) is 5.03. The Kier molecular flexibility index (Phi) is 9.20.